The fraction of sp³-hybridized carbons (Fsp3) is 0.636. The first-order valence-corrected chi connectivity index (χ1v) is 20.5. The average Bonchev–Trinajstić information content (AvgIpc) is 3.27. The van der Waals surface area contributed by atoms with Crippen LogP contribution in [0.3, 0.4) is 0 Å². The minimum Gasteiger partial charge on any atom is -0.540 e. The molecule has 1 N–H and O–H groups in total. The van der Waals surface area contributed by atoms with Crippen LogP contribution < -0.4 is 14.1 Å². The normalized spacial score (nSPS) is 16.1. The Hall–Kier alpha value is -2.57. The Morgan fingerprint density at radius 1 is 1.09 bits per heavy atom. The van der Waals surface area contributed by atoms with E-state index < -0.39 is 22.7 Å². The Labute approximate surface area is 262 Å². The van der Waals surface area contributed by atoms with Crippen LogP contribution in [0.4, 0.5) is 10.5 Å². The first-order chi connectivity index (χ1) is 19.7. The van der Waals surface area contributed by atoms with Crippen LogP contribution in [0.2, 0.25) is 34.8 Å². The molecule has 2 rings (SSSR count). The lowest BCUT2D eigenvalue weighted by molar-refractivity contribution is 0.0738. The number of ether oxygens (including phenoxy) is 1. The Bertz CT molecular complexity index is 1180. The molecule has 0 saturated heterocycles. The predicted molar refractivity (Wildman–Crippen MR) is 182 cm³/mol. The summed E-state index contributed by atoms with van der Waals surface area (Å²) in [6.45, 7) is 30.3. The third-order valence-electron chi connectivity index (χ3n) is 9.33. The molecule has 0 saturated carbocycles. The summed E-state index contributed by atoms with van der Waals surface area (Å²) in [4.78, 5) is 29.8. The largest absolute Gasteiger partial charge is 0.540 e. The van der Waals surface area contributed by atoms with Gasteiger partial charge in [-0.25, -0.2) is 4.79 Å². The molecule has 1 aliphatic rings. The van der Waals surface area contributed by atoms with E-state index >= 15 is 0 Å². The fourth-order valence-electron chi connectivity index (χ4n) is 6.03. The van der Waals surface area contributed by atoms with Gasteiger partial charge in [0, 0.05) is 18.8 Å². The molecule has 1 aromatic carbocycles. The Morgan fingerprint density at radius 2 is 1.65 bits per heavy atom. The third-order valence-corrected chi connectivity index (χ3v) is 19.8. The second-order valence-electron chi connectivity index (χ2n) is 14.2. The van der Waals surface area contributed by atoms with Crippen LogP contribution in [0.5, 0.6) is 11.5 Å². The molecule has 0 unspecified atom stereocenters. The van der Waals surface area contributed by atoms with E-state index in [2.05, 4.69) is 82.0 Å². The molecule has 1 atom stereocenters. The van der Waals surface area contributed by atoms with Gasteiger partial charge in [-0.15, -0.1) is 6.58 Å². The van der Waals surface area contributed by atoms with Crippen LogP contribution in [0.25, 0.3) is 0 Å². The van der Waals surface area contributed by atoms with Gasteiger partial charge in [0.25, 0.3) is 14.2 Å². The van der Waals surface area contributed by atoms with Crippen molar-refractivity contribution in [2.24, 2.45) is 0 Å². The Kier molecular flexibility index (Phi) is 12.0. The summed E-state index contributed by atoms with van der Waals surface area (Å²) in [5.74, 6) is 0.554. The summed E-state index contributed by atoms with van der Waals surface area (Å²) >= 11 is 0. The SMILES string of the molecule is C=CCN(C(=O)O)c1cc(O[Si](C(C)C)(C(C)C)C(C)C)c(OC)cc1C(=O)N1C=C(C)C[C@H]1CO[Si](C)(C)C(C)(C)C. The van der Waals surface area contributed by atoms with Gasteiger partial charge >= 0.3 is 6.09 Å². The van der Waals surface area contributed by atoms with Crippen LogP contribution in [0, 0.1) is 0 Å². The number of hydrogen-bond acceptors (Lipinski definition) is 5. The van der Waals surface area contributed by atoms with Crippen molar-refractivity contribution in [2.75, 3.05) is 25.2 Å². The molecular formula is C33H56N2O6Si2. The number of hydrogen-bond donors (Lipinski definition) is 1. The van der Waals surface area contributed by atoms with Crippen molar-refractivity contribution in [1.82, 2.24) is 4.90 Å². The molecule has 43 heavy (non-hydrogen) atoms. The van der Waals surface area contributed by atoms with E-state index in [9.17, 15) is 14.7 Å². The van der Waals surface area contributed by atoms with E-state index in [0.717, 1.165) is 10.5 Å². The first-order valence-electron chi connectivity index (χ1n) is 15.4. The molecule has 0 radical (unpaired) electrons. The van der Waals surface area contributed by atoms with Crippen LogP contribution >= 0.6 is 0 Å². The average molecular weight is 633 g/mol. The van der Waals surface area contributed by atoms with E-state index in [1.54, 1.807) is 24.1 Å². The molecule has 0 aromatic heterocycles. The van der Waals surface area contributed by atoms with Crippen molar-refractivity contribution < 1.29 is 28.3 Å². The number of methoxy groups -OCH3 is 1. The highest BCUT2D eigenvalue weighted by Gasteiger charge is 2.48. The van der Waals surface area contributed by atoms with Gasteiger partial charge < -0.3 is 23.6 Å². The summed E-state index contributed by atoms with van der Waals surface area (Å²) in [5.41, 5.74) is 2.38. The van der Waals surface area contributed by atoms with Crippen LogP contribution in [-0.4, -0.2) is 64.9 Å². The van der Waals surface area contributed by atoms with E-state index in [4.69, 9.17) is 13.6 Å². The number of carbonyl (C=O) groups excluding carboxylic acids is 1. The van der Waals surface area contributed by atoms with Crippen molar-refractivity contribution in [3.63, 3.8) is 0 Å². The zero-order valence-corrected chi connectivity index (χ0v) is 30.8. The lowest BCUT2D eigenvalue weighted by Crippen LogP contribution is -2.50. The summed E-state index contributed by atoms with van der Waals surface area (Å²) in [5, 5.41) is 10.3. The standard InChI is InChI=1S/C33H56N2O6Si2/c1-15-16-34(32(37)38)28-19-30(41-43(22(2)3,23(4)5)24(6)7)29(39-12)18-27(28)31(36)35-20-25(8)17-26(35)21-40-42(13,14)33(9,10)11/h15,18-20,22-24,26H,1,16-17,21H2,2-14H3,(H,37,38)/t26-/m0/s1. The number of nitrogens with zero attached hydrogens (tertiary/aromatic N) is 2. The highest BCUT2D eigenvalue weighted by atomic mass is 28.4. The predicted octanol–water partition coefficient (Wildman–Crippen LogP) is 9.06. The van der Waals surface area contributed by atoms with Crippen molar-refractivity contribution in [3.05, 3.63) is 42.1 Å². The monoisotopic (exact) mass is 632 g/mol. The number of carbonyl (C=O) groups is 2. The van der Waals surface area contributed by atoms with Crippen LogP contribution in [0.1, 0.15) is 86.0 Å². The van der Waals surface area contributed by atoms with Crippen molar-refractivity contribution in [1.29, 1.82) is 0 Å². The van der Waals surface area contributed by atoms with Crippen molar-refractivity contribution >= 4 is 34.3 Å². The molecule has 2 amide bonds. The smallest absolute Gasteiger partial charge is 0.412 e. The molecule has 1 aliphatic heterocycles. The molecule has 1 heterocycles. The van der Waals surface area contributed by atoms with Gasteiger partial charge in [0.2, 0.25) is 0 Å². The fourth-order valence-corrected chi connectivity index (χ4v) is 12.3. The molecule has 10 heteroatoms. The van der Waals surface area contributed by atoms with Gasteiger partial charge in [-0.2, -0.15) is 0 Å². The molecule has 0 fully saturated rings. The van der Waals surface area contributed by atoms with Gasteiger partial charge in [0.1, 0.15) is 5.75 Å². The molecule has 0 spiro atoms. The minimum atomic E-state index is -2.44. The highest BCUT2D eigenvalue weighted by Crippen LogP contribution is 2.47. The topological polar surface area (TPSA) is 88.5 Å². The minimum absolute atomic E-state index is 0.00920. The molecular weight excluding hydrogens is 577 g/mol. The van der Waals surface area contributed by atoms with Gasteiger partial charge in [0.15, 0.2) is 14.1 Å². The van der Waals surface area contributed by atoms with E-state index in [-0.39, 0.29) is 51.4 Å². The Balaban J connectivity index is 2.72. The van der Waals surface area contributed by atoms with Crippen LogP contribution in [0.15, 0.2) is 36.6 Å². The van der Waals surface area contributed by atoms with Crippen molar-refractivity contribution in [3.8, 4) is 11.5 Å². The second-order valence-corrected chi connectivity index (χ2v) is 24.4. The first kappa shape index (κ1) is 36.6. The number of rotatable bonds is 13. The van der Waals surface area contributed by atoms with Gasteiger partial charge in [0.05, 0.1) is 31.0 Å². The lowest BCUT2D eigenvalue weighted by atomic mass is 10.1. The maximum absolute atomic E-state index is 14.4. The van der Waals surface area contributed by atoms with Crippen molar-refractivity contribution in [2.45, 2.75) is 116 Å². The third kappa shape index (κ3) is 7.75. The zero-order valence-electron chi connectivity index (χ0n) is 28.8. The summed E-state index contributed by atoms with van der Waals surface area (Å²) in [6, 6.07) is 3.11. The molecule has 8 nitrogen and oxygen atoms in total. The highest BCUT2D eigenvalue weighted by molar-refractivity contribution is 6.78. The number of carboxylic acid groups (broad SMARTS) is 1. The van der Waals surface area contributed by atoms with Gasteiger partial charge in [-0.1, -0.05) is 74.0 Å². The number of amides is 2. The molecule has 242 valence electrons. The zero-order chi connectivity index (χ0) is 33.1. The summed E-state index contributed by atoms with van der Waals surface area (Å²) < 4.78 is 19.3. The Morgan fingerprint density at radius 3 is 2.09 bits per heavy atom. The van der Waals surface area contributed by atoms with Crippen LogP contribution in [-0.2, 0) is 4.43 Å². The van der Waals surface area contributed by atoms with E-state index in [1.807, 2.05) is 13.1 Å². The molecule has 0 aliphatic carbocycles. The quantitative estimate of drug-likeness (QED) is 0.172. The summed E-state index contributed by atoms with van der Waals surface area (Å²) in [7, 11) is -2.94. The second kappa shape index (κ2) is 14.0. The van der Waals surface area contributed by atoms with Gasteiger partial charge in [-0.3, -0.25) is 9.69 Å². The lowest BCUT2D eigenvalue weighted by Gasteiger charge is -2.42. The maximum atomic E-state index is 14.4. The molecule has 1 aromatic rings. The summed E-state index contributed by atoms with van der Waals surface area (Å²) in [6.07, 6.45) is 2.87. The molecule has 0 bridgehead atoms. The van der Waals surface area contributed by atoms with E-state index in [1.165, 1.54) is 6.08 Å². The van der Waals surface area contributed by atoms with E-state index in [0.29, 0.717) is 24.5 Å². The number of anilines is 1. The maximum Gasteiger partial charge on any atom is 0.412 e. The number of benzene rings is 1. The van der Waals surface area contributed by atoms with Gasteiger partial charge in [-0.05, 0) is 54.2 Å².